The van der Waals surface area contributed by atoms with Crippen LogP contribution in [0.4, 0.5) is 10.5 Å². The van der Waals surface area contributed by atoms with E-state index in [9.17, 15) is 14.4 Å². The summed E-state index contributed by atoms with van der Waals surface area (Å²) in [4.78, 5) is 39.2. The van der Waals surface area contributed by atoms with Crippen LogP contribution in [0.1, 0.15) is 37.8 Å². The molecule has 2 N–H and O–H groups in total. The fraction of sp³-hybridized carbons (Fsp3) is 0.400. The molecule has 2 aliphatic rings. The molecule has 2 aromatic rings. The second-order valence-electron chi connectivity index (χ2n) is 7.32. The first-order chi connectivity index (χ1) is 13.5. The molecule has 0 bridgehead atoms. The Morgan fingerprint density at radius 3 is 2.61 bits per heavy atom. The number of nitrogens with zero attached hydrogens (tertiary/aromatic N) is 2. The van der Waals surface area contributed by atoms with Crippen LogP contribution in [0.5, 0.6) is 0 Å². The van der Waals surface area contributed by atoms with Crippen LogP contribution in [0.3, 0.4) is 0 Å². The molecule has 0 unspecified atom stereocenters. The van der Waals surface area contributed by atoms with Gasteiger partial charge in [0.1, 0.15) is 23.5 Å². The molecule has 28 heavy (non-hydrogen) atoms. The van der Waals surface area contributed by atoms with Gasteiger partial charge in [-0.15, -0.1) is 0 Å². The zero-order valence-electron chi connectivity index (χ0n) is 15.7. The maximum atomic E-state index is 13.2. The third-order valence-corrected chi connectivity index (χ3v) is 5.55. The van der Waals surface area contributed by atoms with Gasteiger partial charge in [-0.25, -0.2) is 4.79 Å². The lowest BCUT2D eigenvalue weighted by atomic mass is 9.78. The average Bonchev–Trinajstić information content (AvgIpc) is 3.06. The number of amides is 4. The molecule has 4 amide bonds. The van der Waals surface area contributed by atoms with Crippen LogP contribution in [0.2, 0.25) is 0 Å². The fourth-order valence-corrected chi connectivity index (χ4v) is 4.08. The number of anilines is 1. The number of urea groups is 1. The molecule has 1 aliphatic heterocycles. The molecule has 1 aromatic heterocycles. The summed E-state index contributed by atoms with van der Waals surface area (Å²) in [5, 5.41) is 9.21. The lowest BCUT2D eigenvalue weighted by Crippen LogP contribution is -2.69. The van der Waals surface area contributed by atoms with Crippen LogP contribution in [0.25, 0.3) is 11.3 Å². The van der Waals surface area contributed by atoms with Crippen molar-refractivity contribution in [2.24, 2.45) is 0 Å². The average molecular weight is 382 g/mol. The van der Waals surface area contributed by atoms with E-state index in [4.69, 9.17) is 4.52 Å². The molecule has 1 aliphatic carbocycles. The Morgan fingerprint density at radius 2 is 1.89 bits per heavy atom. The minimum Gasteiger partial charge on any atom is -0.354 e. The van der Waals surface area contributed by atoms with Gasteiger partial charge in [0.05, 0.1) is 0 Å². The SMILES string of the molecule is Cc1noc(-c2ccccc2)c1NC(=O)N1CC(=O)NC(=O)C12CCCCC2. The van der Waals surface area contributed by atoms with Crippen LogP contribution >= 0.6 is 0 Å². The minimum absolute atomic E-state index is 0.150. The molecule has 8 nitrogen and oxygen atoms in total. The number of hydrogen-bond acceptors (Lipinski definition) is 5. The number of aryl methyl sites for hydroxylation is 1. The van der Waals surface area contributed by atoms with Crippen molar-refractivity contribution in [3.8, 4) is 11.3 Å². The largest absolute Gasteiger partial charge is 0.354 e. The molecule has 2 heterocycles. The third kappa shape index (κ3) is 3.04. The monoisotopic (exact) mass is 382 g/mol. The molecule has 1 saturated carbocycles. The molecule has 1 spiro atoms. The highest BCUT2D eigenvalue weighted by Crippen LogP contribution is 2.37. The molecule has 8 heteroatoms. The zero-order valence-corrected chi connectivity index (χ0v) is 15.7. The first kappa shape index (κ1) is 18.2. The van der Waals surface area contributed by atoms with Gasteiger partial charge in [-0.1, -0.05) is 54.8 Å². The Kier molecular flexibility index (Phi) is 4.62. The number of carbonyl (C=O) groups excluding carboxylic acids is 3. The van der Waals surface area contributed by atoms with Gasteiger partial charge < -0.3 is 14.7 Å². The van der Waals surface area contributed by atoms with Crippen molar-refractivity contribution in [2.45, 2.75) is 44.6 Å². The number of hydrogen-bond donors (Lipinski definition) is 2. The van der Waals surface area contributed by atoms with Crippen molar-refractivity contribution in [3.05, 3.63) is 36.0 Å². The van der Waals surface area contributed by atoms with Crippen molar-refractivity contribution >= 4 is 23.5 Å². The van der Waals surface area contributed by atoms with Crippen molar-refractivity contribution < 1.29 is 18.9 Å². The predicted molar refractivity (Wildman–Crippen MR) is 101 cm³/mol. The van der Waals surface area contributed by atoms with Crippen molar-refractivity contribution in [1.29, 1.82) is 0 Å². The smallest absolute Gasteiger partial charge is 0.323 e. The van der Waals surface area contributed by atoms with E-state index in [-0.39, 0.29) is 12.5 Å². The summed E-state index contributed by atoms with van der Waals surface area (Å²) < 4.78 is 5.42. The second kappa shape index (κ2) is 7.10. The van der Waals surface area contributed by atoms with Gasteiger partial charge in [0.25, 0.3) is 5.91 Å². The number of piperazine rings is 1. The van der Waals surface area contributed by atoms with Gasteiger partial charge in [-0.05, 0) is 19.8 Å². The van der Waals surface area contributed by atoms with Crippen molar-refractivity contribution in [3.63, 3.8) is 0 Å². The lowest BCUT2D eigenvalue weighted by molar-refractivity contribution is -0.146. The van der Waals surface area contributed by atoms with Crippen molar-refractivity contribution in [1.82, 2.24) is 15.4 Å². The Bertz CT molecular complexity index is 916. The highest BCUT2D eigenvalue weighted by molar-refractivity contribution is 6.08. The highest BCUT2D eigenvalue weighted by atomic mass is 16.5. The number of imide groups is 1. The van der Waals surface area contributed by atoms with Crippen LogP contribution < -0.4 is 10.6 Å². The summed E-state index contributed by atoms with van der Waals surface area (Å²) in [5.41, 5.74) is 0.769. The Labute approximate surface area is 162 Å². The molecule has 1 aromatic carbocycles. The van der Waals surface area contributed by atoms with Crippen LogP contribution in [0.15, 0.2) is 34.9 Å². The topological polar surface area (TPSA) is 105 Å². The number of rotatable bonds is 2. The summed E-state index contributed by atoms with van der Waals surface area (Å²) in [7, 11) is 0. The predicted octanol–water partition coefficient (Wildman–Crippen LogP) is 2.84. The normalized spacial score (nSPS) is 18.8. The molecular weight excluding hydrogens is 360 g/mol. The van der Waals surface area contributed by atoms with Crippen LogP contribution in [0, 0.1) is 6.92 Å². The van der Waals surface area contributed by atoms with Gasteiger partial charge in [0, 0.05) is 5.56 Å². The van der Waals surface area contributed by atoms with E-state index < -0.39 is 17.5 Å². The Hall–Kier alpha value is -3.16. The zero-order chi connectivity index (χ0) is 19.7. The van der Waals surface area contributed by atoms with E-state index >= 15 is 0 Å². The van der Waals surface area contributed by atoms with Gasteiger partial charge in [0.2, 0.25) is 5.91 Å². The molecular formula is C20H22N4O4. The molecule has 4 rings (SSSR count). The first-order valence-electron chi connectivity index (χ1n) is 9.46. The van der Waals surface area contributed by atoms with Crippen molar-refractivity contribution in [2.75, 3.05) is 11.9 Å². The summed E-state index contributed by atoms with van der Waals surface area (Å²) in [6.07, 6.45) is 3.79. The summed E-state index contributed by atoms with van der Waals surface area (Å²) in [5.74, 6) is -0.414. The molecule has 2 fully saturated rings. The summed E-state index contributed by atoms with van der Waals surface area (Å²) in [6, 6.07) is 8.84. The van der Waals surface area contributed by atoms with Gasteiger partial charge >= 0.3 is 6.03 Å². The summed E-state index contributed by atoms with van der Waals surface area (Å²) in [6.45, 7) is 1.58. The maximum Gasteiger partial charge on any atom is 0.323 e. The van der Waals surface area contributed by atoms with Crippen LogP contribution in [-0.4, -0.2) is 40.0 Å². The Balaban J connectivity index is 1.65. The lowest BCUT2D eigenvalue weighted by Gasteiger charge is -2.46. The number of benzene rings is 1. The quantitative estimate of drug-likeness (QED) is 0.777. The standard InChI is InChI=1S/C20H22N4O4/c1-13-16(17(28-23-13)14-8-4-2-5-9-14)22-19(27)24-12-15(25)21-18(26)20(24)10-6-3-7-11-20/h2,4-5,8-9H,3,6-7,10-12H2,1H3,(H,22,27)(H,21,25,26). The van der Waals surface area contributed by atoms with E-state index in [0.29, 0.717) is 30.0 Å². The number of nitrogens with one attached hydrogen (secondary N) is 2. The minimum atomic E-state index is -0.978. The first-order valence-corrected chi connectivity index (χ1v) is 9.46. The third-order valence-electron chi connectivity index (χ3n) is 5.55. The van der Waals surface area contributed by atoms with Gasteiger partial charge in [-0.3, -0.25) is 14.9 Å². The fourth-order valence-electron chi connectivity index (χ4n) is 4.08. The van der Waals surface area contributed by atoms with E-state index in [1.54, 1.807) is 6.92 Å². The molecule has 0 radical (unpaired) electrons. The summed E-state index contributed by atoms with van der Waals surface area (Å²) >= 11 is 0. The van der Waals surface area contributed by atoms with Gasteiger partial charge in [0.15, 0.2) is 5.76 Å². The number of carbonyl (C=O) groups is 3. The van der Waals surface area contributed by atoms with E-state index in [2.05, 4.69) is 15.8 Å². The maximum absolute atomic E-state index is 13.2. The van der Waals surface area contributed by atoms with E-state index in [1.807, 2.05) is 30.3 Å². The second-order valence-corrected chi connectivity index (χ2v) is 7.32. The highest BCUT2D eigenvalue weighted by Gasteiger charge is 2.51. The Morgan fingerprint density at radius 1 is 1.18 bits per heavy atom. The van der Waals surface area contributed by atoms with Gasteiger partial charge in [-0.2, -0.15) is 0 Å². The molecule has 0 atom stereocenters. The molecule has 146 valence electrons. The molecule has 1 saturated heterocycles. The van der Waals surface area contributed by atoms with E-state index in [0.717, 1.165) is 24.8 Å². The van der Waals surface area contributed by atoms with E-state index in [1.165, 1.54) is 4.90 Å². The number of aromatic nitrogens is 1. The van der Waals surface area contributed by atoms with Crippen LogP contribution in [-0.2, 0) is 9.59 Å².